The van der Waals surface area contributed by atoms with Crippen molar-refractivity contribution in [3.63, 3.8) is 0 Å². The van der Waals surface area contributed by atoms with E-state index in [0.29, 0.717) is 5.92 Å². The molecule has 2 N–H and O–H groups in total. The summed E-state index contributed by atoms with van der Waals surface area (Å²) in [6.07, 6.45) is 0.739. The van der Waals surface area contributed by atoms with Crippen molar-refractivity contribution in [2.45, 2.75) is 44.9 Å². The molecule has 0 bridgehead atoms. The Hall–Kier alpha value is -1.64. The first-order valence-electron chi connectivity index (χ1n) is 8.57. The first-order valence-corrected chi connectivity index (χ1v) is 8.57. The van der Waals surface area contributed by atoms with Crippen LogP contribution in [0.25, 0.3) is 0 Å². The van der Waals surface area contributed by atoms with Gasteiger partial charge in [-0.05, 0) is 30.4 Å². The third-order valence-electron chi connectivity index (χ3n) is 5.15. The predicted molar refractivity (Wildman–Crippen MR) is 95.1 cm³/mol. The zero-order valence-electron chi connectivity index (χ0n) is 14.2. The summed E-state index contributed by atoms with van der Waals surface area (Å²) in [6, 6.07) is 21.3. The highest BCUT2D eigenvalue weighted by Crippen LogP contribution is 2.46. The number of hydrogen-bond acceptors (Lipinski definition) is 2. The van der Waals surface area contributed by atoms with Gasteiger partial charge in [0.15, 0.2) is 0 Å². The van der Waals surface area contributed by atoms with E-state index in [0.717, 1.165) is 6.42 Å². The van der Waals surface area contributed by atoms with Gasteiger partial charge in [0.25, 0.3) is 0 Å². The van der Waals surface area contributed by atoms with Crippen LogP contribution in [0.4, 0.5) is 0 Å². The minimum Gasteiger partial charge on any atom is -0.390 e. The van der Waals surface area contributed by atoms with Crippen LogP contribution >= 0.6 is 0 Å². The van der Waals surface area contributed by atoms with Crippen molar-refractivity contribution in [1.82, 2.24) is 5.32 Å². The summed E-state index contributed by atoms with van der Waals surface area (Å²) >= 11 is 0. The van der Waals surface area contributed by atoms with Crippen LogP contribution in [0.3, 0.4) is 0 Å². The molecule has 1 aliphatic heterocycles. The van der Waals surface area contributed by atoms with E-state index < -0.39 is 5.60 Å². The Morgan fingerprint density at radius 2 is 1.48 bits per heavy atom. The molecular formula is C21H27NO. The maximum Gasteiger partial charge on any atom is 0.0686 e. The van der Waals surface area contributed by atoms with Crippen LogP contribution < -0.4 is 5.32 Å². The maximum atomic E-state index is 11.2. The molecule has 3 rings (SSSR count). The molecule has 0 aliphatic carbocycles. The molecule has 2 aromatic rings. The summed E-state index contributed by atoms with van der Waals surface area (Å²) in [6.45, 7) is 6.42. The van der Waals surface area contributed by atoms with Gasteiger partial charge in [-0.2, -0.15) is 0 Å². The Morgan fingerprint density at radius 1 is 0.957 bits per heavy atom. The fraction of sp³-hybridized carbons (Fsp3) is 0.429. The first-order chi connectivity index (χ1) is 11.0. The van der Waals surface area contributed by atoms with Gasteiger partial charge in [0.05, 0.1) is 5.60 Å². The van der Waals surface area contributed by atoms with Crippen molar-refractivity contribution >= 4 is 0 Å². The molecule has 122 valence electrons. The average molecular weight is 309 g/mol. The Bertz CT molecular complexity index is 621. The largest absolute Gasteiger partial charge is 0.390 e. The zero-order valence-corrected chi connectivity index (χ0v) is 14.2. The number of aliphatic hydroxyl groups is 1. The lowest BCUT2D eigenvalue weighted by atomic mass is 9.67. The third-order valence-corrected chi connectivity index (χ3v) is 5.15. The lowest BCUT2D eigenvalue weighted by molar-refractivity contribution is -0.0783. The molecule has 0 spiro atoms. The second-order valence-corrected chi connectivity index (χ2v) is 7.35. The zero-order chi connectivity index (χ0) is 16.4. The molecule has 2 nitrogen and oxygen atoms in total. The highest BCUT2D eigenvalue weighted by atomic mass is 16.3. The molecule has 0 saturated carbocycles. The summed E-state index contributed by atoms with van der Waals surface area (Å²) in [5.41, 5.74) is 1.81. The van der Waals surface area contributed by atoms with Crippen LogP contribution in [0.5, 0.6) is 0 Å². The van der Waals surface area contributed by atoms with E-state index in [1.807, 2.05) is 19.1 Å². The Balaban J connectivity index is 1.99. The highest BCUT2D eigenvalue weighted by Gasteiger charge is 2.46. The van der Waals surface area contributed by atoms with Crippen LogP contribution in [-0.2, 0) is 0 Å². The van der Waals surface area contributed by atoms with Crippen molar-refractivity contribution in [3.05, 3.63) is 71.8 Å². The maximum absolute atomic E-state index is 11.2. The summed E-state index contributed by atoms with van der Waals surface area (Å²) in [4.78, 5) is 0. The Morgan fingerprint density at radius 3 is 2.00 bits per heavy atom. The molecule has 0 aromatic heterocycles. The van der Waals surface area contributed by atoms with Crippen LogP contribution in [-0.4, -0.2) is 10.7 Å². The van der Waals surface area contributed by atoms with Gasteiger partial charge in [-0.3, -0.25) is 0 Å². The molecule has 0 radical (unpaired) electrons. The summed E-state index contributed by atoms with van der Waals surface area (Å²) < 4.78 is 0. The van der Waals surface area contributed by atoms with Crippen molar-refractivity contribution < 1.29 is 5.11 Å². The summed E-state index contributed by atoms with van der Waals surface area (Å²) in [7, 11) is 0. The van der Waals surface area contributed by atoms with E-state index in [1.165, 1.54) is 11.1 Å². The number of benzene rings is 2. The van der Waals surface area contributed by atoms with Crippen LogP contribution in [0, 0.1) is 11.8 Å². The minimum absolute atomic E-state index is 0.158. The molecule has 1 heterocycles. The van der Waals surface area contributed by atoms with Crippen LogP contribution in [0.2, 0.25) is 0 Å². The van der Waals surface area contributed by atoms with E-state index >= 15 is 0 Å². The predicted octanol–water partition coefficient (Wildman–Crippen LogP) is 4.49. The Kier molecular flexibility index (Phi) is 4.56. The number of nitrogens with one attached hydrogen (secondary N) is 1. The molecule has 23 heavy (non-hydrogen) atoms. The smallest absolute Gasteiger partial charge is 0.0686 e. The number of rotatable bonds is 3. The average Bonchev–Trinajstić information content (AvgIpc) is 2.54. The Labute approximate surface area is 139 Å². The minimum atomic E-state index is -0.694. The molecule has 1 aliphatic rings. The monoisotopic (exact) mass is 309 g/mol. The normalized spacial score (nSPS) is 31.3. The molecule has 2 heteroatoms. The van der Waals surface area contributed by atoms with E-state index in [2.05, 4.69) is 67.7 Å². The molecule has 0 amide bonds. The van der Waals surface area contributed by atoms with Gasteiger partial charge in [-0.1, -0.05) is 74.5 Å². The second-order valence-electron chi connectivity index (χ2n) is 7.35. The lowest BCUT2D eigenvalue weighted by Gasteiger charge is -2.49. The van der Waals surface area contributed by atoms with Gasteiger partial charge >= 0.3 is 0 Å². The number of hydrogen-bond donors (Lipinski definition) is 2. The summed E-state index contributed by atoms with van der Waals surface area (Å²) in [5.74, 6) is 0.587. The van der Waals surface area contributed by atoms with Gasteiger partial charge in [-0.15, -0.1) is 0 Å². The molecule has 4 atom stereocenters. The molecule has 1 saturated heterocycles. The molecular weight excluding hydrogens is 282 g/mol. The highest BCUT2D eigenvalue weighted by molar-refractivity contribution is 5.26. The van der Waals surface area contributed by atoms with E-state index in [-0.39, 0.29) is 18.0 Å². The number of piperidine rings is 1. The van der Waals surface area contributed by atoms with E-state index in [1.54, 1.807) is 0 Å². The van der Waals surface area contributed by atoms with Crippen molar-refractivity contribution in [2.75, 3.05) is 0 Å². The quantitative estimate of drug-likeness (QED) is 0.876. The fourth-order valence-corrected chi connectivity index (χ4v) is 4.25. The van der Waals surface area contributed by atoms with Gasteiger partial charge in [0, 0.05) is 18.0 Å². The van der Waals surface area contributed by atoms with Gasteiger partial charge < -0.3 is 10.4 Å². The van der Waals surface area contributed by atoms with Crippen LogP contribution in [0.1, 0.15) is 50.4 Å². The van der Waals surface area contributed by atoms with Crippen molar-refractivity contribution in [3.8, 4) is 0 Å². The molecule has 0 unspecified atom stereocenters. The third kappa shape index (κ3) is 3.34. The fourth-order valence-electron chi connectivity index (χ4n) is 4.25. The summed E-state index contributed by atoms with van der Waals surface area (Å²) in [5, 5.41) is 15.0. The SMILES string of the molecule is CC(C)[C@@H]1[C@H](c2ccccc2)N[C@H](c2ccccc2)C[C@]1(C)O. The van der Waals surface area contributed by atoms with E-state index in [9.17, 15) is 5.11 Å². The van der Waals surface area contributed by atoms with Crippen molar-refractivity contribution in [2.24, 2.45) is 11.8 Å². The standard InChI is InChI=1S/C21H27NO/c1-15(2)19-20(17-12-8-5-9-13-17)22-18(14-21(19,3)23)16-10-6-4-7-11-16/h4-13,15,18-20,22-23H,14H2,1-3H3/t18-,19+,20-,21-/m0/s1. The van der Waals surface area contributed by atoms with E-state index in [4.69, 9.17) is 0 Å². The first kappa shape index (κ1) is 16.2. The molecule has 1 fully saturated rings. The van der Waals surface area contributed by atoms with Crippen molar-refractivity contribution in [1.29, 1.82) is 0 Å². The van der Waals surface area contributed by atoms with Gasteiger partial charge in [0.2, 0.25) is 0 Å². The molecule has 2 aromatic carbocycles. The van der Waals surface area contributed by atoms with Gasteiger partial charge in [0.1, 0.15) is 0 Å². The van der Waals surface area contributed by atoms with Gasteiger partial charge in [-0.25, -0.2) is 0 Å². The lowest BCUT2D eigenvalue weighted by Crippen LogP contribution is -2.53. The topological polar surface area (TPSA) is 32.3 Å². The van der Waals surface area contributed by atoms with Crippen LogP contribution in [0.15, 0.2) is 60.7 Å². The second kappa shape index (κ2) is 6.46.